The Morgan fingerprint density at radius 2 is 0.600 bits per heavy atom. The molecule has 4 N–H and O–H groups in total. The van der Waals surface area contributed by atoms with Crippen molar-refractivity contribution < 1.29 is 133 Å². The average Bonchev–Trinajstić information content (AvgIpc) is 0. The van der Waals surface area contributed by atoms with Crippen LogP contribution in [0, 0.1) is 0 Å². The molecule has 0 unspecified atom stereocenters. The summed E-state index contributed by atoms with van der Waals surface area (Å²) in [6.07, 6.45) is 0. The summed E-state index contributed by atoms with van der Waals surface area (Å²) in [5, 5.41) is 0. The fraction of sp³-hybridized carbons (Fsp3) is 0. The van der Waals surface area contributed by atoms with E-state index in [0.717, 1.165) is 0 Å². The molecule has 0 saturated heterocycles. The maximum atomic E-state index is 0. The molecule has 0 amide bonds. The minimum Gasteiger partial charge on any atom is -2.00 e. The van der Waals surface area contributed by atoms with Crippen LogP contribution in [0.1, 0.15) is 0 Å². The van der Waals surface area contributed by atoms with Crippen LogP contribution in [-0.2, 0) is 5.48 Å². The van der Waals surface area contributed by atoms with Gasteiger partial charge in [0.25, 0.3) is 0 Å². The second kappa shape index (κ2) is 25.9. The summed E-state index contributed by atoms with van der Waals surface area (Å²) in [6, 6.07) is 0. The van der Waals surface area contributed by atoms with Crippen LogP contribution in [0.3, 0.4) is 0 Å². The Hall–Kier alpha value is 3.49. The zero-order valence-corrected chi connectivity index (χ0v) is 13.2. The van der Waals surface area contributed by atoms with E-state index in [0.29, 0.717) is 0 Å². The molecule has 5 heavy (non-hydrogen) atoms. The molecule has 0 rings (SSSR count). The van der Waals surface area contributed by atoms with Gasteiger partial charge in [0, 0.05) is 0 Å². The molecule has 3 nitrogen and oxygen atoms in total. The molecule has 0 spiro atoms. The van der Waals surface area contributed by atoms with Gasteiger partial charge in [0.2, 0.25) is 0 Å². The van der Waals surface area contributed by atoms with Crippen LogP contribution in [-0.4, -0.2) is 11.0 Å². The molecule has 0 heterocycles. The first-order valence-electron chi connectivity index (χ1n) is 0. The van der Waals surface area contributed by atoms with Gasteiger partial charge in [0.05, 0.1) is 0 Å². The molecule has 24 valence electrons. The summed E-state index contributed by atoms with van der Waals surface area (Å²) < 4.78 is 0. The van der Waals surface area contributed by atoms with Crippen molar-refractivity contribution in [1.29, 1.82) is 0 Å². The molecule has 5 heteroatoms. The van der Waals surface area contributed by atoms with Crippen molar-refractivity contribution in [2.24, 2.45) is 0 Å². The fourth-order valence-corrected chi connectivity index (χ4v) is 0. The smallest absolute Gasteiger partial charge is 1.00 e. The third kappa shape index (κ3) is 18.5. The van der Waals surface area contributed by atoms with Gasteiger partial charge >= 0.3 is 116 Å². The Morgan fingerprint density at radius 1 is 0.600 bits per heavy atom. The molecule has 0 aromatic heterocycles. The van der Waals surface area contributed by atoms with Gasteiger partial charge in [0.1, 0.15) is 0 Å². The summed E-state index contributed by atoms with van der Waals surface area (Å²) in [4.78, 5) is 0. The summed E-state index contributed by atoms with van der Waals surface area (Å²) >= 11 is 0. The maximum Gasteiger partial charge on any atom is 1.00 e. The van der Waals surface area contributed by atoms with Crippen molar-refractivity contribution in [3.05, 3.63) is 0 Å². The predicted molar refractivity (Wildman–Crippen MR) is 7.91 cm³/mol. The Bertz CT molecular complexity index is 4.85. The van der Waals surface area contributed by atoms with Gasteiger partial charge in [-0.05, 0) is 0 Å². The minimum atomic E-state index is 0. The predicted octanol–water partition coefficient (Wildman–Crippen LogP) is -7.76. The minimum absolute atomic E-state index is 0. The Balaban J connectivity index is 0. The second-order valence-corrected chi connectivity index (χ2v) is 0. The first-order valence-corrected chi connectivity index (χ1v) is 0. The van der Waals surface area contributed by atoms with E-state index in [-0.39, 0.29) is 133 Å². The van der Waals surface area contributed by atoms with Crippen molar-refractivity contribution in [3.8, 4) is 0 Å². The fourth-order valence-electron chi connectivity index (χ4n) is 0. The van der Waals surface area contributed by atoms with Gasteiger partial charge in [-0.3, -0.25) is 0 Å². The number of rotatable bonds is 0. The van der Waals surface area contributed by atoms with Gasteiger partial charge in [-0.15, -0.1) is 0 Å². The molecule has 0 fully saturated rings. The molecule has 0 saturated carbocycles. The zero-order chi connectivity index (χ0) is 0. The normalized spacial score (nSPS) is 0. The van der Waals surface area contributed by atoms with Gasteiger partial charge in [-0.25, -0.2) is 0 Å². The summed E-state index contributed by atoms with van der Waals surface area (Å²) in [5.41, 5.74) is 0. The SMILES string of the molecule is O.O.[O-2].[Rb+].[Rb+]. The molecule has 0 atom stereocenters. The van der Waals surface area contributed by atoms with Crippen molar-refractivity contribution in [3.63, 3.8) is 0 Å². The topological polar surface area (TPSA) is 91.5 Å². The van der Waals surface area contributed by atoms with E-state index in [1.807, 2.05) is 0 Å². The quantitative estimate of drug-likeness (QED) is 0.390. The number of hydrogen-bond acceptors (Lipinski definition) is 0. The molecular weight excluding hydrogens is 219 g/mol. The van der Waals surface area contributed by atoms with Crippen LogP contribution in [0.2, 0.25) is 0 Å². The van der Waals surface area contributed by atoms with Gasteiger partial charge < -0.3 is 16.4 Å². The largest absolute Gasteiger partial charge is 2.00 e. The zero-order valence-electron chi connectivity index (χ0n) is 3.41. The van der Waals surface area contributed by atoms with Gasteiger partial charge in [0.15, 0.2) is 0 Å². The van der Waals surface area contributed by atoms with Crippen LogP contribution >= 0.6 is 0 Å². The van der Waals surface area contributed by atoms with E-state index >= 15 is 0 Å². The monoisotopic (exact) mass is 222 g/mol. The van der Waals surface area contributed by atoms with E-state index in [1.165, 1.54) is 0 Å². The van der Waals surface area contributed by atoms with Crippen molar-refractivity contribution in [2.75, 3.05) is 0 Å². The van der Waals surface area contributed by atoms with Crippen molar-refractivity contribution in [1.82, 2.24) is 0 Å². The Kier molecular flexibility index (Phi) is 203. The molecule has 0 aliphatic carbocycles. The molecule has 0 aliphatic heterocycles. The Morgan fingerprint density at radius 3 is 0.600 bits per heavy atom. The first kappa shape index (κ1) is 39.1. The van der Waals surface area contributed by atoms with Crippen molar-refractivity contribution >= 4 is 0 Å². The van der Waals surface area contributed by atoms with Gasteiger partial charge in [-0.1, -0.05) is 0 Å². The van der Waals surface area contributed by atoms with Crippen molar-refractivity contribution in [2.45, 2.75) is 0 Å². The first-order chi connectivity index (χ1) is 0. The molecule has 0 aromatic rings. The van der Waals surface area contributed by atoms with Crippen LogP contribution in [0.25, 0.3) is 0 Å². The van der Waals surface area contributed by atoms with E-state index in [4.69, 9.17) is 0 Å². The maximum absolute atomic E-state index is 0. The van der Waals surface area contributed by atoms with Gasteiger partial charge in [-0.2, -0.15) is 0 Å². The number of hydrogen-bond donors (Lipinski definition) is 0. The molecule has 0 aromatic carbocycles. The second-order valence-electron chi connectivity index (χ2n) is 0. The summed E-state index contributed by atoms with van der Waals surface area (Å²) in [7, 11) is 0. The molecule has 0 radical (unpaired) electrons. The third-order valence-electron chi connectivity index (χ3n) is 0. The van der Waals surface area contributed by atoms with E-state index in [1.54, 1.807) is 0 Å². The van der Waals surface area contributed by atoms with E-state index < -0.39 is 0 Å². The van der Waals surface area contributed by atoms with Crippen LogP contribution < -0.4 is 116 Å². The van der Waals surface area contributed by atoms with Crippen LogP contribution in [0.5, 0.6) is 0 Å². The van der Waals surface area contributed by atoms with Crippen LogP contribution in [0.15, 0.2) is 0 Å². The van der Waals surface area contributed by atoms with E-state index in [2.05, 4.69) is 0 Å². The Labute approximate surface area is 128 Å². The standard InChI is InChI=1S/2H2O.O.2Rb/h2*1H2;;;/q;;-2;2*+1. The third-order valence-corrected chi connectivity index (χ3v) is 0. The van der Waals surface area contributed by atoms with Crippen LogP contribution in [0.4, 0.5) is 0 Å². The summed E-state index contributed by atoms with van der Waals surface area (Å²) in [6.45, 7) is 0. The van der Waals surface area contributed by atoms with E-state index in [9.17, 15) is 0 Å². The molecule has 0 aliphatic rings. The molecule has 0 bridgehead atoms. The summed E-state index contributed by atoms with van der Waals surface area (Å²) in [5.74, 6) is 0. The molecular formula is H4O3Rb2. The average molecular weight is 223 g/mol.